The number of nitrogens with two attached hydrogens (primary N) is 2. The second kappa shape index (κ2) is 6.80. The highest BCUT2D eigenvalue weighted by molar-refractivity contribution is 7.80. The Morgan fingerprint density at radius 2 is 2.00 bits per heavy atom. The van der Waals surface area contributed by atoms with E-state index in [1.54, 1.807) is 18.2 Å². The highest BCUT2D eigenvalue weighted by atomic mass is 32.1. The van der Waals surface area contributed by atoms with Crippen LogP contribution in [0.5, 0.6) is 11.5 Å². The summed E-state index contributed by atoms with van der Waals surface area (Å²) >= 11 is 4.89. The SMILES string of the molecule is CCOc1cc(C(N)=S)ccc1OCCC(N)=O. The first-order chi connectivity index (χ1) is 8.54. The molecule has 1 rings (SSSR count). The third kappa shape index (κ3) is 4.21. The molecule has 0 aliphatic carbocycles. The Hall–Kier alpha value is -1.82. The molecule has 0 radical (unpaired) electrons. The van der Waals surface area contributed by atoms with Gasteiger partial charge in [0, 0.05) is 5.56 Å². The summed E-state index contributed by atoms with van der Waals surface area (Å²) in [6.45, 7) is 2.56. The lowest BCUT2D eigenvalue weighted by molar-refractivity contribution is -0.118. The number of ether oxygens (including phenoxy) is 2. The van der Waals surface area contributed by atoms with Crippen LogP contribution < -0.4 is 20.9 Å². The molecular weight excluding hydrogens is 252 g/mol. The average Bonchev–Trinajstić information content (AvgIpc) is 2.30. The van der Waals surface area contributed by atoms with Crippen LogP contribution in [0.3, 0.4) is 0 Å². The van der Waals surface area contributed by atoms with Gasteiger partial charge < -0.3 is 20.9 Å². The standard InChI is InChI=1S/C12H16N2O3S/c1-2-16-10-7-8(12(14)18)3-4-9(10)17-6-5-11(13)15/h3-4,7H,2,5-6H2,1H3,(H2,13,15)(H2,14,18). The Kier molecular flexibility index (Phi) is 5.38. The van der Waals surface area contributed by atoms with E-state index in [9.17, 15) is 4.79 Å². The van der Waals surface area contributed by atoms with E-state index in [0.717, 1.165) is 0 Å². The van der Waals surface area contributed by atoms with Crippen molar-refractivity contribution in [3.8, 4) is 11.5 Å². The van der Waals surface area contributed by atoms with Crippen LogP contribution in [-0.4, -0.2) is 24.1 Å². The molecule has 0 aromatic heterocycles. The number of benzene rings is 1. The van der Waals surface area contributed by atoms with Gasteiger partial charge in [0.1, 0.15) is 4.99 Å². The summed E-state index contributed by atoms with van der Waals surface area (Å²) < 4.78 is 10.9. The Labute approximate surface area is 111 Å². The Morgan fingerprint density at radius 3 is 2.56 bits per heavy atom. The van der Waals surface area contributed by atoms with Crippen molar-refractivity contribution in [2.45, 2.75) is 13.3 Å². The third-order valence-electron chi connectivity index (χ3n) is 2.13. The number of carbonyl (C=O) groups excluding carboxylic acids is 1. The molecule has 1 amide bonds. The van der Waals surface area contributed by atoms with Gasteiger partial charge in [0.25, 0.3) is 0 Å². The summed E-state index contributed by atoms with van der Waals surface area (Å²) in [6.07, 6.45) is 0.155. The summed E-state index contributed by atoms with van der Waals surface area (Å²) in [7, 11) is 0. The summed E-state index contributed by atoms with van der Waals surface area (Å²) in [5, 5.41) is 0. The normalized spacial score (nSPS) is 9.83. The summed E-state index contributed by atoms with van der Waals surface area (Å²) in [4.78, 5) is 10.9. The lowest BCUT2D eigenvalue weighted by atomic mass is 10.2. The maximum atomic E-state index is 10.6. The second-order valence-electron chi connectivity index (χ2n) is 3.52. The molecule has 4 N–H and O–H groups in total. The van der Waals surface area contributed by atoms with Gasteiger partial charge in [0.2, 0.25) is 5.91 Å². The van der Waals surface area contributed by atoms with Crippen LogP contribution in [0, 0.1) is 0 Å². The molecule has 18 heavy (non-hydrogen) atoms. The third-order valence-corrected chi connectivity index (χ3v) is 2.37. The molecule has 0 unspecified atom stereocenters. The molecule has 0 aliphatic heterocycles. The minimum absolute atomic E-state index is 0.155. The quantitative estimate of drug-likeness (QED) is 0.720. The summed E-state index contributed by atoms with van der Waals surface area (Å²) in [6, 6.07) is 5.16. The van der Waals surface area contributed by atoms with E-state index in [0.29, 0.717) is 28.7 Å². The number of carbonyl (C=O) groups is 1. The van der Waals surface area contributed by atoms with E-state index >= 15 is 0 Å². The molecule has 0 spiro atoms. The van der Waals surface area contributed by atoms with Crippen LogP contribution in [-0.2, 0) is 4.79 Å². The fraction of sp³-hybridized carbons (Fsp3) is 0.333. The van der Waals surface area contributed by atoms with Gasteiger partial charge in [-0.05, 0) is 25.1 Å². The van der Waals surface area contributed by atoms with Crippen LogP contribution in [0.1, 0.15) is 18.9 Å². The van der Waals surface area contributed by atoms with Gasteiger partial charge in [-0.25, -0.2) is 0 Å². The topological polar surface area (TPSA) is 87.6 Å². The Bertz CT molecular complexity index is 449. The molecule has 0 aliphatic rings. The molecule has 5 nitrogen and oxygen atoms in total. The molecule has 0 fully saturated rings. The molecule has 0 heterocycles. The summed E-state index contributed by atoms with van der Waals surface area (Å²) in [5.74, 6) is 0.679. The molecule has 98 valence electrons. The number of hydrogen-bond donors (Lipinski definition) is 2. The zero-order valence-electron chi connectivity index (χ0n) is 10.1. The molecule has 1 aromatic carbocycles. The van der Waals surface area contributed by atoms with E-state index in [1.165, 1.54) is 0 Å². The zero-order chi connectivity index (χ0) is 13.5. The number of amides is 1. The molecule has 6 heteroatoms. The minimum atomic E-state index is -0.410. The van der Waals surface area contributed by atoms with Crippen molar-refractivity contribution in [2.24, 2.45) is 11.5 Å². The first-order valence-electron chi connectivity index (χ1n) is 5.52. The number of primary amides is 1. The van der Waals surface area contributed by atoms with Gasteiger partial charge in [-0.3, -0.25) is 4.79 Å². The highest BCUT2D eigenvalue weighted by Crippen LogP contribution is 2.28. The van der Waals surface area contributed by atoms with Gasteiger partial charge in [0.05, 0.1) is 19.6 Å². The van der Waals surface area contributed by atoms with Crippen LogP contribution in [0.4, 0.5) is 0 Å². The fourth-order valence-electron chi connectivity index (χ4n) is 1.31. The van der Waals surface area contributed by atoms with Gasteiger partial charge >= 0.3 is 0 Å². The number of hydrogen-bond acceptors (Lipinski definition) is 4. The fourth-order valence-corrected chi connectivity index (χ4v) is 1.44. The second-order valence-corrected chi connectivity index (χ2v) is 3.96. The first-order valence-corrected chi connectivity index (χ1v) is 5.93. The molecule has 0 saturated heterocycles. The lowest BCUT2D eigenvalue weighted by Crippen LogP contribution is -2.15. The van der Waals surface area contributed by atoms with Gasteiger partial charge in [-0.1, -0.05) is 12.2 Å². The van der Waals surface area contributed by atoms with E-state index in [1.807, 2.05) is 6.92 Å². The monoisotopic (exact) mass is 268 g/mol. The van der Waals surface area contributed by atoms with Crippen molar-refractivity contribution in [1.82, 2.24) is 0 Å². The molecule has 0 saturated carbocycles. The van der Waals surface area contributed by atoms with Crippen molar-refractivity contribution in [3.05, 3.63) is 23.8 Å². The Balaban J connectivity index is 2.82. The molecule has 1 aromatic rings. The van der Waals surface area contributed by atoms with Crippen molar-refractivity contribution < 1.29 is 14.3 Å². The van der Waals surface area contributed by atoms with Crippen LogP contribution in [0.15, 0.2) is 18.2 Å². The maximum Gasteiger partial charge on any atom is 0.220 e. The van der Waals surface area contributed by atoms with Crippen molar-refractivity contribution in [3.63, 3.8) is 0 Å². The maximum absolute atomic E-state index is 10.6. The zero-order valence-corrected chi connectivity index (χ0v) is 11.0. The van der Waals surface area contributed by atoms with Crippen molar-refractivity contribution in [2.75, 3.05) is 13.2 Å². The van der Waals surface area contributed by atoms with Crippen LogP contribution in [0.2, 0.25) is 0 Å². The van der Waals surface area contributed by atoms with E-state index in [2.05, 4.69) is 0 Å². The van der Waals surface area contributed by atoms with E-state index in [4.69, 9.17) is 33.2 Å². The van der Waals surface area contributed by atoms with Crippen molar-refractivity contribution in [1.29, 1.82) is 0 Å². The summed E-state index contributed by atoms with van der Waals surface area (Å²) in [5.41, 5.74) is 11.3. The first kappa shape index (κ1) is 14.2. The van der Waals surface area contributed by atoms with E-state index < -0.39 is 5.91 Å². The Morgan fingerprint density at radius 1 is 1.28 bits per heavy atom. The average molecular weight is 268 g/mol. The predicted molar refractivity (Wildman–Crippen MR) is 72.8 cm³/mol. The lowest BCUT2D eigenvalue weighted by Gasteiger charge is -2.12. The van der Waals surface area contributed by atoms with Crippen LogP contribution >= 0.6 is 12.2 Å². The number of thiocarbonyl (C=S) groups is 1. The van der Waals surface area contributed by atoms with Crippen LogP contribution in [0.25, 0.3) is 0 Å². The predicted octanol–water partition coefficient (Wildman–Crippen LogP) is 0.974. The molecule has 0 atom stereocenters. The smallest absolute Gasteiger partial charge is 0.220 e. The molecular formula is C12H16N2O3S. The van der Waals surface area contributed by atoms with Crippen molar-refractivity contribution >= 4 is 23.1 Å². The number of rotatable bonds is 7. The largest absolute Gasteiger partial charge is 0.490 e. The van der Waals surface area contributed by atoms with Gasteiger partial charge in [-0.15, -0.1) is 0 Å². The highest BCUT2D eigenvalue weighted by Gasteiger charge is 2.08. The van der Waals surface area contributed by atoms with Gasteiger partial charge in [0.15, 0.2) is 11.5 Å². The van der Waals surface area contributed by atoms with E-state index in [-0.39, 0.29) is 13.0 Å². The van der Waals surface area contributed by atoms with Gasteiger partial charge in [-0.2, -0.15) is 0 Å². The molecule has 0 bridgehead atoms. The minimum Gasteiger partial charge on any atom is -0.490 e.